The molecule has 18 heavy (non-hydrogen) atoms. The van der Waals surface area contributed by atoms with Crippen LogP contribution in [0, 0.1) is 11.6 Å². The summed E-state index contributed by atoms with van der Waals surface area (Å²) in [7, 11) is 0. The highest BCUT2D eigenvalue weighted by Gasteiger charge is 2.09. The third-order valence-corrected chi connectivity index (χ3v) is 3.08. The summed E-state index contributed by atoms with van der Waals surface area (Å²) < 4.78 is 27.5. The lowest BCUT2D eigenvalue weighted by atomic mass is 10.2. The summed E-state index contributed by atoms with van der Waals surface area (Å²) in [5.41, 5.74) is 6.38. The van der Waals surface area contributed by atoms with Crippen LogP contribution in [0.15, 0.2) is 34.8 Å². The van der Waals surface area contributed by atoms with Gasteiger partial charge in [-0.3, -0.25) is 0 Å². The molecule has 0 saturated carbocycles. The van der Waals surface area contributed by atoms with Crippen molar-refractivity contribution in [3.05, 3.63) is 51.5 Å². The van der Waals surface area contributed by atoms with Crippen LogP contribution >= 0.6 is 27.5 Å². The Morgan fingerprint density at radius 2 is 1.78 bits per heavy atom. The van der Waals surface area contributed by atoms with E-state index in [1.54, 1.807) is 6.07 Å². The molecule has 0 aliphatic rings. The molecule has 0 aromatic heterocycles. The average molecular weight is 334 g/mol. The van der Waals surface area contributed by atoms with Gasteiger partial charge in [-0.2, -0.15) is 0 Å². The predicted octanol–water partition coefficient (Wildman–Crippen LogP) is 4.71. The second-order valence-electron chi connectivity index (χ2n) is 3.60. The molecule has 0 amide bonds. The van der Waals surface area contributed by atoms with Crippen molar-refractivity contribution in [2.75, 3.05) is 11.1 Å². The molecule has 2 rings (SSSR count). The van der Waals surface area contributed by atoms with Gasteiger partial charge in [0.2, 0.25) is 0 Å². The highest BCUT2D eigenvalue weighted by Crippen LogP contribution is 2.30. The number of nitrogens with one attached hydrogen (secondary N) is 1. The van der Waals surface area contributed by atoms with Gasteiger partial charge in [-0.25, -0.2) is 8.78 Å². The Balaban J connectivity index is 2.37. The van der Waals surface area contributed by atoms with Crippen LogP contribution in [-0.2, 0) is 0 Å². The largest absolute Gasteiger partial charge is 0.397 e. The number of halogens is 4. The number of nitrogens with two attached hydrogens (primary N) is 1. The molecule has 94 valence electrons. The Morgan fingerprint density at radius 1 is 1.06 bits per heavy atom. The minimum absolute atomic E-state index is 0.0747. The van der Waals surface area contributed by atoms with Crippen molar-refractivity contribution in [1.82, 2.24) is 0 Å². The van der Waals surface area contributed by atoms with Gasteiger partial charge in [0.05, 0.1) is 22.1 Å². The molecule has 0 heterocycles. The molecule has 6 heteroatoms. The fourth-order valence-electron chi connectivity index (χ4n) is 1.41. The Bertz CT molecular complexity index is 605. The van der Waals surface area contributed by atoms with Crippen molar-refractivity contribution in [2.45, 2.75) is 0 Å². The van der Waals surface area contributed by atoms with Gasteiger partial charge in [-0.15, -0.1) is 0 Å². The first-order chi connectivity index (χ1) is 8.47. The number of hydrogen-bond acceptors (Lipinski definition) is 2. The van der Waals surface area contributed by atoms with Gasteiger partial charge in [-0.1, -0.05) is 27.5 Å². The summed E-state index contributed by atoms with van der Waals surface area (Å²) >= 11 is 8.73. The number of anilines is 3. The topological polar surface area (TPSA) is 38.0 Å². The Morgan fingerprint density at radius 3 is 2.44 bits per heavy atom. The van der Waals surface area contributed by atoms with E-state index in [4.69, 9.17) is 17.3 Å². The SMILES string of the molecule is Nc1cc(Cl)c(F)cc1Nc1ccc(Br)cc1F. The zero-order chi connectivity index (χ0) is 13.3. The molecule has 2 aromatic carbocycles. The van der Waals surface area contributed by atoms with Crippen LogP contribution in [-0.4, -0.2) is 0 Å². The normalized spacial score (nSPS) is 10.4. The third kappa shape index (κ3) is 2.73. The minimum Gasteiger partial charge on any atom is -0.397 e. The van der Waals surface area contributed by atoms with Gasteiger partial charge >= 0.3 is 0 Å². The van der Waals surface area contributed by atoms with Gasteiger partial charge in [0, 0.05) is 10.5 Å². The third-order valence-electron chi connectivity index (χ3n) is 2.29. The fraction of sp³-hybridized carbons (Fsp3) is 0. The van der Waals surface area contributed by atoms with Gasteiger partial charge in [0.1, 0.15) is 11.6 Å². The summed E-state index contributed by atoms with van der Waals surface area (Å²) in [6, 6.07) is 6.87. The van der Waals surface area contributed by atoms with E-state index in [1.807, 2.05) is 0 Å². The molecular formula is C12H8BrClF2N2. The van der Waals surface area contributed by atoms with E-state index in [0.717, 1.165) is 6.07 Å². The molecule has 0 atom stereocenters. The van der Waals surface area contributed by atoms with Gasteiger partial charge in [0.15, 0.2) is 0 Å². The van der Waals surface area contributed by atoms with Crippen molar-refractivity contribution in [3.63, 3.8) is 0 Å². The molecule has 0 fully saturated rings. The first-order valence-corrected chi connectivity index (χ1v) is 6.11. The molecule has 0 radical (unpaired) electrons. The van der Waals surface area contributed by atoms with Crippen LogP contribution in [0.2, 0.25) is 5.02 Å². The molecule has 0 spiro atoms. The standard InChI is InChI=1S/C12H8BrClF2N2/c13-6-1-2-11(9(16)3-6)18-12-5-8(15)7(14)4-10(12)17/h1-5,18H,17H2. The van der Waals surface area contributed by atoms with Crippen LogP contribution in [0.25, 0.3) is 0 Å². The Labute approximate surface area is 116 Å². The summed E-state index contributed by atoms with van der Waals surface area (Å²) in [6.45, 7) is 0. The van der Waals surface area contributed by atoms with Gasteiger partial charge < -0.3 is 11.1 Å². The zero-order valence-electron chi connectivity index (χ0n) is 8.98. The molecule has 0 aliphatic heterocycles. The van der Waals surface area contributed by atoms with Crippen LogP contribution in [0.3, 0.4) is 0 Å². The van der Waals surface area contributed by atoms with Crippen molar-refractivity contribution >= 4 is 44.6 Å². The van der Waals surface area contributed by atoms with Crippen LogP contribution in [0.1, 0.15) is 0 Å². The summed E-state index contributed by atoms with van der Waals surface area (Å²) in [5.74, 6) is -1.09. The molecule has 0 bridgehead atoms. The second-order valence-corrected chi connectivity index (χ2v) is 4.93. The number of hydrogen-bond donors (Lipinski definition) is 2. The monoisotopic (exact) mass is 332 g/mol. The molecule has 2 aromatic rings. The van der Waals surface area contributed by atoms with Crippen molar-refractivity contribution in [1.29, 1.82) is 0 Å². The van der Waals surface area contributed by atoms with E-state index in [9.17, 15) is 8.78 Å². The van der Waals surface area contributed by atoms with Gasteiger partial charge in [0.25, 0.3) is 0 Å². The smallest absolute Gasteiger partial charge is 0.147 e. The van der Waals surface area contributed by atoms with E-state index in [0.29, 0.717) is 4.47 Å². The maximum atomic E-state index is 13.6. The number of rotatable bonds is 2. The highest BCUT2D eigenvalue weighted by molar-refractivity contribution is 9.10. The van der Waals surface area contributed by atoms with Crippen LogP contribution < -0.4 is 11.1 Å². The summed E-state index contributed by atoms with van der Waals surface area (Å²) in [4.78, 5) is 0. The number of benzene rings is 2. The summed E-state index contributed by atoms with van der Waals surface area (Å²) in [6.07, 6.45) is 0. The maximum absolute atomic E-state index is 13.6. The summed E-state index contributed by atoms with van der Waals surface area (Å²) in [5, 5.41) is 2.64. The van der Waals surface area contributed by atoms with E-state index in [1.165, 1.54) is 18.2 Å². The molecule has 3 N–H and O–H groups in total. The lowest BCUT2D eigenvalue weighted by molar-refractivity contribution is 0.627. The molecule has 0 aliphatic carbocycles. The molecular weight excluding hydrogens is 325 g/mol. The highest BCUT2D eigenvalue weighted by atomic mass is 79.9. The zero-order valence-corrected chi connectivity index (χ0v) is 11.3. The first-order valence-electron chi connectivity index (χ1n) is 4.94. The predicted molar refractivity (Wildman–Crippen MR) is 73.2 cm³/mol. The molecule has 2 nitrogen and oxygen atoms in total. The van der Waals surface area contributed by atoms with E-state index >= 15 is 0 Å². The average Bonchev–Trinajstić information content (AvgIpc) is 2.29. The first kappa shape index (κ1) is 13.1. The van der Waals surface area contributed by atoms with E-state index < -0.39 is 11.6 Å². The molecule has 0 unspecified atom stereocenters. The van der Waals surface area contributed by atoms with Crippen LogP contribution in [0.5, 0.6) is 0 Å². The van der Waals surface area contributed by atoms with Crippen molar-refractivity contribution in [2.24, 2.45) is 0 Å². The van der Waals surface area contributed by atoms with Crippen LogP contribution in [0.4, 0.5) is 25.8 Å². The van der Waals surface area contributed by atoms with E-state index in [2.05, 4.69) is 21.2 Å². The Kier molecular flexibility index (Phi) is 3.73. The lowest BCUT2D eigenvalue weighted by Crippen LogP contribution is -1.99. The lowest BCUT2D eigenvalue weighted by Gasteiger charge is -2.11. The second kappa shape index (κ2) is 5.12. The maximum Gasteiger partial charge on any atom is 0.147 e. The molecule has 0 saturated heterocycles. The van der Waals surface area contributed by atoms with Crippen molar-refractivity contribution in [3.8, 4) is 0 Å². The minimum atomic E-state index is -0.620. The quantitative estimate of drug-likeness (QED) is 0.781. The fourth-order valence-corrected chi connectivity index (χ4v) is 1.91. The number of nitrogen functional groups attached to an aromatic ring is 1. The van der Waals surface area contributed by atoms with E-state index in [-0.39, 0.29) is 22.1 Å². The Hall–Kier alpha value is -1.33. The van der Waals surface area contributed by atoms with Gasteiger partial charge in [-0.05, 0) is 24.3 Å². The van der Waals surface area contributed by atoms with Crippen molar-refractivity contribution < 1.29 is 8.78 Å².